The number of ether oxygens (including phenoxy) is 1. The van der Waals surface area contributed by atoms with Crippen molar-refractivity contribution in [2.45, 2.75) is 20.0 Å². The van der Waals surface area contributed by atoms with E-state index in [9.17, 15) is 4.79 Å². The summed E-state index contributed by atoms with van der Waals surface area (Å²) in [7, 11) is 1.60. The van der Waals surface area contributed by atoms with Crippen LogP contribution in [0.3, 0.4) is 0 Å². The molecule has 5 nitrogen and oxygen atoms in total. The highest BCUT2D eigenvalue weighted by molar-refractivity contribution is 5.97. The van der Waals surface area contributed by atoms with E-state index in [1.165, 1.54) is 11.8 Å². The number of carbonyl (C=O) groups excluding carboxylic acids is 1. The van der Waals surface area contributed by atoms with E-state index in [1.807, 2.05) is 61.5 Å². The Morgan fingerprint density at radius 1 is 1.08 bits per heavy atom. The SMILES string of the molecule is COc1ccc(CNC(=O)/C(C#N)=C\NCc2ccc(C)cc2)cc1. The van der Waals surface area contributed by atoms with Crippen molar-refractivity contribution in [1.29, 1.82) is 5.26 Å². The molecule has 0 atom stereocenters. The summed E-state index contributed by atoms with van der Waals surface area (Å²) < 4.78 is 5.09. The van der Waals surface area contributed by atoms with Gasteiger partial charge >= 0.3 is 0 Å². The van der Waals surface area contributed by atoms with Gasteiger partial charge in [0.05, 0.1) is 7.11 Å². The van der Waals surface area contributed by atoms with Crippen molar-refractivity contribution in [3.63, 3.8) is 0 Å². The summed E-state index contributed by atoms with van der Waals surface area (Å²) in [5.74, 6) is 0.350. The van der Waals surface area contributed by atoms with E-state index in [2.05, 4.69) is 10.6 Å². The molecule has 0 saturated heterocycles. The van der Waals surface area contributed by atoms with Crippen molar-refractivity contribution in [3.05, 3.63) is 77.0 Å². The summed E-state index contributed by atoms with van der Waals surface area (Å²) in [5, 5.41) is 14.9. The molecule has 2 rings (SSSR count). The Bertz CT molecular complexity index is 772. The van der Waals surface area contributed by atoms with Gasteiger partial charge in [0, 0.05) is 19.3 Å². The number of carbonyl (C=O) groups is 1. The highest BCUT2D eigenvalue weighted by atomic mass is 16.5. The third kappa shape index (κ3) is 5.70. The molecule has 0 spiro atoms. The van der Waals surface area contributed by atoms with Crippen molar-refractivity contribution in [1.82, 2.24) is 10.6 Å². The number of benzene rings is 2. The number of methoxy groups -OCH3 is 1. The fourth-order valence-electron chi connectivity index (χ4n) is 2.15. The second-order valence-corrected chi connectivity index (χ2v) is 5.57. The van der Waals surface area contributed by atoms with Gasteiger partial charge in [-0.2, -0.15) is 5.26 Å². The number of nitrogens with one attached hydrogen (secondary N) is 2. The first-order chi connectivity index (χ1) is 12.1. The van der Waals surface area contributed by atoms with Crippen LogP contribution in [0.5, 0.6) is 5.75 Å². The monoisotopic (exact) mass is 335 g/mol. The summed E-state index contributed by atoms with van der Waals surface area (Å²) in [6.07, 6.45) is 1.45. The topological polar surface area (TPSA) is 74.1 Å². The lowest BCUT2D eigenvalue weighted by atomic mass is 10.1. The molecule has 0 saturated carbocycles. The minimum Gasteiger partial charge on any atom is -0.497 e. The first-order valence-corrected chi connectivity index (χ1v) is 7.92. The Labute approximate surface area is 147 Å². The van der Waals surface area contributed by atoms with Gasteiger partial charge in [-0.25, -0.2) is 0 Å². The van der Waals surface area contributed by atoms with Crippen LogP contribution in [0.4, 0.5) is 0 Å². The normalized spacial score (nSPS) is 10.7. The lowest BCUT2D eigenvalue weighted by Crippen LogP contribution is -2.25. The van der Waals surface area contributed by atoms with Gasteiger partial charge in [0.15, 0.2) is 0 Å². The second-order valence-electron chi connectivity index (χ2n) is 5.57. The summed E-state index contributed by atoms with van der Waals surface area (Å²) in [4.78, 5) is 12.1. The van der Waals surface area contributed by atoms with Crippen LogP contribution in [0.1, 0.15) is 16.7 Å². The Hall–Kier alpha value is -3.26. The number of nitrogens with zero attached hydrogens (tertiary/aromatic N) is 1. The van der Waals surface area contributed by atoms with Gasteiger partial charge in [0.2, 0.25) is 0 Å². The fraction of sp³-hybridized carbons (Fsp3) is 0.200. The lowest BCUT2D eigenvalue weighted by molar-refractivity contribution is -0.117. The van der Waals surface area contributed by atoms with Crippen LogP contribution in [0.15, 0.2) is 60.3 Å². The van der Waals surface area contributed by atoms with Crippen molar-refractivity contribution in [3.8, 4) is 11.8 Å². The van der Waals surface area contributed by atoms with Crippen LogP contribution in [0.2, 0.25) is 0 Å². The van der Waals surface area contributed by atoms with Crippen LogP contribution in [-0.2, 0) is 17.9 Å². The molecule has 2 N–H and O–H groups in total. The predicted octanol–water partition coefficient (Wildman–Crippen LogP) is 2.82. The average Bonchev–Trinajstić information content (AvgIpc) is 2.65. The quantitative estimate of drug-likeness (QED) is 0.603. The molecule has 0 aliphatic heterocycles. The van der Waals surface area contributed by atoms with Crippen molar-refractivity contribution in [2.75, 3.05) is 7.11 Å². The molecular formula is C20H21N3O2. The molecule has 1 amide bonds. The standard InChI is InChI=1S/C20H21N3O2/c1-15-3-5-16(6-4-15)12-22-14-18(11-21)20(24)23-13-17-7-9-19(25-2)10-8-17/h3-10,14,22H,12-13H2,1-2H3,(H,23,24)/b18-14-. The molecule has 0 bridgehead atoms. The summed E-state index contributed by atoms with van der Waals surface area (Å²) in [6.45, 7) is 2.93. The first-order valence-electron chi connectivity index (χ1n) is 7.92. The number of amides is 1. The molecule has 0 aliphatic carbocycles. The van der Waals surface area contributed by atoms with E-state index in [0.29, 0.717) is 13.1 Å². The van der Waals surface area contributed by atoms with Crippen molar-refractivity contribution < 1.29 is 9.53 Å². The minimum atomic E-state index is -0.408. The van der Waals surface area contributed by atoms with Crippen molar-refractivity contribution >= 4 is 5.91 Å². The Kier molecular flexibility index (Phi) is 6.61. The molecule has 2 aromatic rings. The number of hydrogen-bond donors (Lipinski definition) is 2. The van der Waals surface area contributed by atoms with Crippen LogP contribution in [0, 0.1) is 18.3 Å². The maximum atomic E-state index is 12.1. The maximum absolute atomic E-state index is 12.1. The summed E-state index contributed by atoms with van der Waals surface area (Å²) in [6, 6.07) is 17.4. The average molecular weight is 335 g/mol. The zero-order valence-corrected chi connectivity index (χ0v) is 14.4. The van der Waals surface area contributed by atoms with Crippen LogP contribution in [-0.4, -0.2) is 13.0 Å². The third-order valence-corrected chi connectivity index (χ3v) is 3.65. The molecule has 0 radical (unpaired) electrons. The fourth-order valence-corrected chi connectivity index (χ4v) is 2.15. The molecule has 0 unspecified atom stereocenters. The van der Waals surface area contributed by atoms with E-state index in [1.54, 1.807) is 7.11 Å². The smallest absolute Gasteiger partial charge is 0.263 e. The van der Waals surface area contributed by atoms with Gasteiger partial charge < -0.3 is 15.4 Å². The van der Waals surface area contributed by atoms with Crippen LogP contribution in [0.25, 0.3) is 0 Å². The zero-order valence-electron chi connectivity index (χ0n) is 14.4. The predicted molar refractivity (Wildman–Crippen MR) is 96.6 cm³/mol. The summed E-state index contributed by atoms with van der Waals surface area (Å²) in [5.41, 5.74) is 3.24. The molecule has 0 aromatic heterocycles. The van der Waals surface area contributed by atoms with E-state index in [4.69, 9.17) is 10.00 Å². The molecular weight excluding hydrogens is 314 g/mol. The largest absolute Gasteiger partial charge is 0.497 e. The van der Waals surface area contributed by atoms with Gasteiger partial charge in [0.1, 0.15) is 17.4 Å². The number of hydrogen-bond acceptors (Lipinski definition) is 4. The van der Waals surface area contributed by atoms with Crippen molar-refractivity contribution in [2.24, 2.45) is 0 Å². The Balaban J connectivity index is 1.86. The van der Waals surface area contributed by atoms with Gasteiger partial charge in [-0.15, -0.1) is 0 Å². The van der Waals surface area contributed by atoms with Crippen LogP contribution >= 0.6 is 0 Å². The van der Waals surface area contributed by atoms with E-state index >= 15 is 0 Å². The van der Waals surface area contributed by atoms with Gasteiger partial charge in [-0.05, 0) is 30.2 Å². The minimum absolute atomic E-state index is 0.0422. The molecule has 128 valence electrons. The highest BCUT2D eigenvalue weighted by Gasteiger charge is 2.08. The molecule has 0 heterocycles. The Morgan fingerprint density at radius 3 is 2.28 bits per heavy atom. The molecule has 5 heteroatoms. The lowest BCUT2D eigenvalue weighted by Gasteiger charge is -2.06. The number of rotatable bonds is 7. The second kappa shape index (κ2) is 9.14. The van der Waals surface area contributed by atoms with E-state index in [-0.39, 0.29) is 5.57 Å². The molecule has 0 fully saturated rings. The highest BCUT2D eigenvalue weighted by Crippen LogP contribution is 2.11. The molecule has 2 aromatic carbocycles. The van der Waals surface area contributed by atoms with Crippen LogP contribution < -0.4 is 15.4 Å². The zero-order chi connectivity index (χ0) is 18.1. The molecule has 25 heavy (non-hydrogen) atoms. The van der Waals surface area contributed by atoms with E-state index < -0.39 is 5.91 Å². The number of aryl methyl sites for hydroxylation is 1. The summed E-state index contributed by atoms with van der Waals surface area (Å²) >= 11 is 0. The molecule has 0 aliphatic rings. The third-order valence-electron chi connectivity index (χ3n) is 3.65. The van der Waals surface area contributed by atoms with Gasteiger partial charge in [-0.1, -0.05) is 42.0 Å². The van der Waals surface area contributed by atoms with Gasteiger partial charge in [-0.3, -0.25) is 4.79 Å². The number of nitriles is 1. The van der Waals surface area contributed by atoms with E-state index in [0.717, 1.165) is 16.9 Å². The van der Waals surface area contributed by atoms with Gasteiger partial charge in [0.25, 0.3) is 5.91 Å². The Morgan fingerprint density at radius 2 is 1.68 bits per heavy atom. The maximum Gasteiger partial charge on any atom is 0.263 e. The first kappa shape index (κ1) is 18.1.